The van der Waals surface area contributed by atoms with Crippen molar-refractivity contribution in [1.29, 1.82) is 0 Å². The normalized spacial score (nSPS) is 14.3. The summed E-state index contributed by atoms with van der Waals surface area (Å²) in [5.41, 5.74) is 1.51. The maximum Gasteiger partial charge on any atom is 0.322 e. The van der Waals surface area contributed by atoms with Gasteiger partial charge in [-0.05, 0) is 31.0 Å². The molecule has 1 aromatic carbocycles. The molecule has 0 saturated heterocycles. The van der Waals surface area contributed by atoms with Crippen LogP contribution < -0.4 is 15.4 Å². The van der Waals surface area contributed by atoms with Gasteiger partial charge in [0.2, 0.25) is 0 Å². The van der Waals surface area contributed by atoms with Gasteiger partial charge in [-0.25, -0.2) is 14.2 Å². The minimum Gasteiger partial charge on any atom is -0.424 e. The van der Waals surface area contributed by atoms with Crippen molar-refractivity contribution in [3.05, 3.63) is 48.7 Å². The number of hydrogen-bond acceptors (Lipinski definition) is 5. The van der Waals surface area contributed by atoms with Crippen LogP contribution in [0.5, 0.6) is 11.8 Å². The first-order valence-electron chi connectivity index (χ1n) is 9.94. The van der Waals surface area contributed by atoms with Gasteiger partial charge in [-0.1, -0.05) is 19.3 Å². The van der Waals surface area contributed by atoms with E-state index in [0.29, 0.717) is 11.4 Å². The monoisotopic (exact) mass is 410 g/mol. The summed E-state index contributed by atoms with van der Waals surface area (Å²) in [7, 11) is 1.82. The van der Waals surface area contributed by atoms with Crippen LogP contribution in [0.4, 0.5) is 14.9 Å². The van der Waals surface area contributed by atoms with Crippen molar-refractivity contribution in [2.45, 2.75) is 38.1 Å². The summed E-state index contributed by atoms with van der Waals surface area (Å²) >= 11 is 0. The molecular formula is C21H23FN6O2. The largest absolute Gasteiger partial charge is 0.424 e. The molecule has 9 heteroatoms. The van der Waals surface area contributed by atoms with Crippen molar-refractivity contribution < 1.29 is 13.9 Å². The first kappa shape index (κ1) is 19.8. The molecule has 156 valence electrons. The Bertz CT molecular complexity index is 1030. The molecule has 2 amide bonds. The van der Waals surface area contributed by atoms with E-state index in [0.717, 1.165) is 31.2 Å². The Labute approximate surface area is 173 Å². The van der Waals surface area contributed by atoms with Gasteiger partial charge in [-0.3, -0.25) is 4.68 Å². The predicted molar refractivity (Wildman–Crippen MR) is 110 cm³/mol. The lowest BCUT2D eigenvalue weighted by Crippen LogP contribution is -2.39. The minimum atomic E-state index is -0.550. The summed E-state index contributed by atoms with van der Waals surface area (Å²) in [5, 5.41) is 9.59. The molecule has 1 aliphatic carbocycles. The molecule has 2 aromatic heterocycles. The van der Waals surface area contributed by atoms with E-state index in [9.17, 15) is 9.18 Å². The number of nitrogens with zero attached hydrogens (tertiary/aromatic N) is 4. The Morgan fingerprint density at radius 2 is 2.07 bits per heavy atom. The number of urea groups is 1. The van der Waals surface area contributed by atoms with E-state index in [1.54, 1.807) is 23.1 Å². The third kappa shape index (κ3) is 4.91. The molecule has 0 radical (unpaired) electrons. The van der Waals surface area contributed by atoms with Crippen LogP contribution in [0.25, 0.3) is 11.3 Å². The summed E-state index contributed by atoms with van der Waals surface area (Å²) in [6.07, 6.45) is 10.4. The van der Waals surface area contributed by atoms with E-state index in [4.69, 9.17) is 4.74 Å². The highest BCUT2D eigenvalue weighted by atomic mass is 19.1. The fourth-order valence-electron chi connectivity index (χ4n) is 3.46. The Morgan fingerprint density at radius 3 is 2.83 bits per heavy atom. The van der Waals surface area contributed by atoms with E-state index >= 15 is 0 Å². The van der Waals surface area contributed by atoms with E-state index in [1.165, 1.54) is 24.6 Å². The Hall–Kier alpha value is -3.49. The van der Waals surface area contributed by atoms with Crippen LogP contribution in [0.3, 0.4) is 0 Å². The summed E-state index contributed by atoms with van der Waals surface area (Å²) in [6.45, 7) is 0. The van der Waals surface area contributed by atoms with Crippen LogP contribution in [0.1, 0.15) is 32.1 Å². The molecule has 2 N–H and O–H groups in total. The van der Waals surface area contributed by atoms with Crippen molar-refractivity contribution in [3.63, 3.8) is 0 Å². The second-order valence-corrected chi connectivity index (χ2v) is 7.30. The molecule has 0 aliphatic heterocycles. The van der Waals surface area contributed by atoms with Crippen molar-refractivity contribution >= 4 is 11.7 Å². The quantitative estimate of drug-likeness (QED) is 0.655. The number of anilines is 1. The van der Waals surface area contributed by atoms with Crippen molar-refractivity contribution in [1.82, 2.24) is 25.1 Å². The number of amides is 2. The minimum absolute atomic E-state index is 0.0317. The number of ether oxygens (including phenoxy) is 1. The van der Waals surface area contributed by atoms with Gasteiger partial charge in [0.05, 0.1) is 17.6 Å². The number of hydrogen-bond donors (Lipinski definition) is 2. The lowest BCUT2D eigenvalue weighted by atomic mass is 9.96. The topological polar surface area (TPSA) is 94.0 Å². The molecule has 1 saturated carbocycles. The molecule has 0 atom stereocenters. The van der Waals surface area contributed by atoms with Gasteiger partial charge in [0, 0.05) is 37.1 Å². The zero-order valence-corrected chi connectivity index (χ0v) is 16.6. The highest BCUT2D eigenvalue weighted by Gasteiger charge is 2.17. The van der Waals surface area contributed by atoms with Crippen LogP contribution in [-0.4, -0.2) is 31.8 Å². The van der Waals surface area contributed by atoms with Gasteiger partial charge in [-0.15, -0.1) is 0 Å². The molecule has 4 rings (SSSR count). The van der Waals surface area contributed by atoms with Crippen LogP contribution in [0.15, 0.2) is 42.9 Å². The van der Waals surface area contributed by atoms with Crippen molar-refractivity contribution in [3.8, 4) is 23.0 Å². The molecule has 8 nitrogen and oxygen atoms in total. The number of benzene rings is 1. The van der Waals surface area contributed by atoms with E-state index in [-0.39, 0.29) is 17.7 Å². The maximum absolute atomic E-state index is 14.2. The van der Waals surface area contributed by atoms with Crippen LogP contribution in [0, 0.1) is 5.82 Å². The lowest BCUT2D eigenvalue weighted by molar-refractivity contribution is 0.244. The van der Waals surface area contributed by atoms with Crippen LogP contribution >= 0.6 is 0 Å². The summed E-state index contributed by atoms with van der Waals surface area (Å²) in [6, 6.07) is 5.67. The van der Waals surface area contributed by atoms with Gasteiger partial charge in [0.25, 0.3) is 0 Å². The summed E-state index contributed by atoms with van der Waals surface area (Å²) in [4.78, 5) is 20.7. The van der Waals surface area contributed by atoms with Gasteiger partial charge in [-0.2, -0.15) is 10.1 Å². The van der Waals surface area contributed by atoms with Crippen LogP contribution in [0.2, 0.25) is 0 Å². The van der Waals surface area contributed by atoms with Crippen molar-refractivity contribution in [2.75, 3.05) is 5.32 Å². The van der Waals surface area contributed by atoms with Gasteiger partial charge in [0.15, 0.2) is 0 Å². The number of carbonyl (C=O) groups is 1. The lowest BCUT2D eigenvalue weighted by Gasteiger charge is -2.23. The van der Waals surface area contributed by atoms with Crippen molar-refractivity contribution in [2.24, 2.45) is 7.05 Å². The van der Waals surface area contributed by atoms with E-state index in [1.807, 2.05) is 13.2 Å². The average molecular weight is 410 g/mol. The first-order chi connectivity index (χ1) is 14.6. The standard InChI is InChI=1S/C21H23FN6O2/c1-28-13-14(12-24-28)18-9-10-23-21(27-18)30-16-7-8-17(22)19(11-16)26-20(29)25-15-5-3-2-4-6-15/h7-13,15H,2-6H2,1H3,(H2,25,26,29). The molecular weight excluding hydrogens is 387 g/mol. The first-order valence-corrected chi connectivity index (χ1v) is 9.94. The average Bonchev–Trinajstić information content (AvgIpc) is 3.18. The number of aryl methyl sites for hydroxylation is 1. The molecule has 0 spiro atoms. The number of nitrogens with one attached hydrogen (secondary N) is 2. The SMILES string of the molecule is Cn1cc(-c2ccnc(Oc3ccc(F)c(NC(=O)NC4CCCCC4)c3)n2)cn1. The third-order valence-corrected chi connectivity index (χ3v) is 4.97. The predicted octanol–water partition coefficient (Wildman–Crippen LogP) is 4.26. The van der Waals surface area contributed by atoms with Gasteiger partial charge < -0.3 is 15.4 Å². The fraction of sp³-hybridized carbons (Fsp3) is 0.333. The number of halogens is 1. The second kappa shape index (κ2) is 8.89. The van der Waals surface area contributed by atoms with Gasteiger partial charge in [0.1, 0.15) is 11.6 Å². The van der Waals surface area contributed by atoms with E-state index in [2.05, 4.69) is 25.7 Å². The number of carbonyl (C=O) groups excluding carboxylic acids is 1. The van der Waals surface area contributed by atoms with Gasteiger partial charge >= 0.3 is 12.0 Å². The molecule has 1 aliphatic rings. The summed E-state index contributed by atoms with van der Waals surface area (Å²) in [5.74, 6) is -0.237. The third-order valence-electron chi connectivity index (χ3n) is 4.97. The van der Waals surface area contributed by atoms with Crippen LogP contribution in [-0.2, 0) is 7.05 Å². The number of rotatable bonds is 5. The molecule has 1 fully saturated rings. The number of aromatic nitrogens is 4. The molecule has 2 heterocycles. The molecule has 30 heavy (non-hydrogen) atoms. The second-order valence-electron chi connectivity index (χ2n) is 7.30. The maximum atomic E-state index is 14.2. The highest BCUT2D eigenvalue weighted by Crippen LogP contribution is 2.26. The summed E-state index contributed by atoms with van der Waals surface area (Å²) < 4.78 is 21.6. The molecule has 3 aromatic rings. The Kier molecular flexibility index (Phi) is 5.87. The van der Waals surface area contributed by atoms with E-state index < -0.39 is 11.8 Å². The molecule has 0 bridgehead atoms. The Balaban J connectivity index is 1.44. The molecule has 0 unspecified atom stereocenters. The zero-order chi connectivity index (χ0) is 20.9. The highest BCUT2D eigenvalue weighted by molar-refractivity contribution is 5.89. The fourth-order valence-corrected chi connectivity index (χ4v) is 3.46. The zero-order valence-electron chi connectivity index (χ0n) is 16.6. The smallest absolute Gasteiger partial charge is 0.322 e. The Morgan fingerprint density at radius 1 is 1.23 bits per heavy atom.